The highest BCUT2D eigenvalue weighted by Crippen LogP contribution is 2.25. The number of nitrogens with one attached hydrogen (secondary N) is 1. The van der Waals surface area contributed by atoms with Crippen molar-refractivity contribution in [1.29, 1.82) is 0 Å². The van der Waals surface area contributed by atoms with Crippen LogP contribution >= 0.6 is 0 Å². The molecule has 0 amide bonds. The minimum absolute atomic E-state index is 0.0582. The zero-order valence-corrected chi connectivity index (χ0v) is 9.17. The molecule has 0 aliphatic rings. The van der Waals surface area contributed by atoms with Gasteiger partial charge in [-0.05, 0) is 6.07 Å². The van der Waals surface area contributed by atoms with Gasteiger partial charge in [-0.15, -0.1) is 0 Å². The van der Waals surface area contributed by atoms with Crippen LogP contribution in [0.3, 0.4) is 0 Å². The van der Waals surface area contributed by atoms with Gasteiger partial charge in [0.1, 0.15) is 6.61 Å². The predicted octanol–water partition coefficient (Wildman–Crippen LogP) is 1.50. The normalized spacial score (nSPS) is 10.6. The largest absolute Gasteiger partial charge is 0.475 e. The molecule has 2 aromatic rings. The number of pyridine rings is 1. The summed E-state index contributed by atoms with van der Waals surface area (Å²) in [6, 6.07) is 3.34. The van der Waals surface area contributed by atoms with Gasteiger partial charge in [-0.25, -0.2) is 4.98 Å². The lowest BCUT2D eigenvalue weighted by Gasteiger charge is -2.03. The van der Waals surface area contributed by atoms with Gasteiger partial charge in [0.05, 0.1) is 23.2 Å². The molecule has 1 N–H and O–H groups in total. The molecule has 0 atom stereocenters. The maximum Gasteiger partial charge on any atom is 0.312 e. The minimum atomic E-state index is -0.481. The number of aromatic amines is 1. The number of nitrogens with zero attached hydrogens (tertiary/aromatic N) is 2. The lowest BCUT2D eigenvalue weighted by Crippen LogP contribution is -2.05. The first-order chi connectivity index (χ1) is 8.22. The number of ether oxygens (including phenoxy) is 2. The highest BCUT2D eigenvalue weighted by Gasteiger charge is 2.15. The van der Waals surface area contributed by atoms with E-state index in [1.807, 2.05) is 0 Å². The van der Waals surface area contributed by atoms with Crippen LogP contribution in [0.15, 0.2) is 18.3 Å². The van der Waals surface area contributed by atoms with Gasteiger partial charge in [-0.2, -0.15) is 0 Å². The maximum atomic E-state index is 10.7. The van der Waals surface area contributed by atoms with Crippen molar-refractivity contribution < 1.29 is 14.4 Å². The third-order valence-electron chi connectivity index (χ3n) is 2.21. The molecule has 0 fully saturated rings. The average molecular weight is 237 g/mol. The Bertz CT molecular complexity index is 537. The van der Waals surface area contributed by atoms with Crippen molar-refractivity contribution in [2.24, 2.45) is 0 Å². The molecule has 90 valence electrons. The number of H-pyrrole nitrogens is 1. The van der Waals surface area contributed by atoms with E-state index in [4.69, 9.17) is 9.47 Å². The maximum absolute atomic E-state index is 10.7. The van der Waals surface area contributed by atoms with Crippen LogP contribution in [0.1, 0.15) is 0 Å². The fraction of sp³-hybridized carbons (Fsp3) is 0.300. The molecule has 0 aliphatic heterocycles. The Morgan fingerprint density at radius 1 is 1.47 bits per heavy atom. The zero-order valence-electron chi connectivity index (χ0n) is 9.17. The summed E-state index contributed by atoms with van der Waals surface area (Å²) in [6.07, 6.45) is 1.32. The topological polar surface area (TPSA) is 90.3 Å². The zero-order chi connectivity index (χ0) is 12.3. The molecule has 0 spiro atoms. The molecule has 0 saturated carbocycles. The molecule has 2 heterocycles. The van der Waals surface area contributed by atoms with Gasteiger partial charge in [-0.3, -0.25) is 10.1 Å². The monoisotopic (exact) mass is 237 g/mol. The van der Waals surface area contributed by atoms with Crippen LogP contribution in [0.4, 0.5) is 5.69 Å². The fourth-order valence-corrected chi connectivity index (χ4v) is 1.42. The standard InChI is InChI=1S/C10H11N3O4/c1-16-4-5-17-9-3-2-7-10(12-9)8(6-11-7)13(14)15/h2-3,6,11H,4-5H2,1H3. The Morgan fingerprint density at radius 2 is 2.29 bits per heavy atom. The first kappa shape index (κ1) is 11.3. The highest BCUT2D eigenvalue weighted by atomic mass is 16.6. The number of fused-ring (bicyclic) bond motifs is 1. The van der Waals surface area contributed by atoms with Gasteiger partial charge < -0.3 is 14.5 Å². The van der Waals surface area contributed by atoms with Crippen LogP contribution in [0.2, 0.25) is 0 Å². The Hall–Kier alpha value is -2.15. The lowest BCUT2D eigenvalue weighted by atomic mass is 10.3. The fourth-order valence-electron chi connectivity index (χ4n) is 1.42. The molecule has 7 heteroatoms. The summed E-state index contributed by atoms with van der Waals surface area (Å²) in [5, 5.41) is 10.7. The summed E-state index contributed by atoms with van der Waals surface area (Å²) in [6.45, 7) is 0.794. The second-order valence-corrected chi connectivity index (χ2v) is 3.32. The van der Waals surface area contributed by atoms with Gasteiger partial charge in [0.2, 0.25) is 5.88 Å². The van der Waals surface area contributed by atoms with E-state index in [9.17, 15) is 10.1 Å². The van der Waals surface area contributed by atoms with Crippen LogP contribution in [-0.2, 0) is 4.74 Å². The van der Waals surface area contributed by atoms with Crippen molar-refractivity contribution in [3.63, 3.8) is 0 Å². The van der Waals surface area contributed by atoms with E-state index in [0.29, 0.717) is 30.1 Å². The number of aromatic nitrogens is 2. The van der Waals surface area contributed by atoms with Crippen LogP contribution in [0, 0.1) is 10.1 Å². The predicted molar refractivity (Wildman–Crippen MR) is 60.1 cm³/mol. The van der Waals surface area contributed by atoms with Crippen LogP contribution in [0.5, 0.6) is 5.88 Å². The van der Waals surface area contributed by atoms with Crippen LogP contribution in [-0.4, -0.2) is 35.2 Å². The van der Waals surface area contributed by atoms with Crippen molar-refractivity contribution in [2.75, 3.05) is 20.3 Å². The van der Waals surface area contributed by atoms with Crippen LogP contribution in [0.25, 0.3) is 11.0 Å². The molecule has 0 aliphatic carbocycles. The molecule has 0 saturated heterocycles. The lowest BCUT2D eigenvalue weighted by molar-refractivity contribution is -0.383. The Morgan fingerprint density at radius 3 is 3.00 bits per heavy atom. The summed E-state index contributed by atoms with van der Waals surface area (Å²) in [7, 11) is 1.57. The van der Waals surface area contributed by atoms with Crippen molar-refractivity contribution in [1.82, 2.24) is 9.97 Å². The van der Waals surface area contributed by atoms with E-state index in [1.165, 1.54) is 6.20 Å². The number of rotatable bonds is 5. The molecule has 2 rings (SSSR count). The average Bonchev–Trinajstić information content (AvgIpc) is 2.72. The van der Waals surface area contributed by atoms with Crippen LogP contribution < -0.4 is 4.74 Å². The number of hydrogen-bond acceptors (Lipinski definition) is 5. The summed E-state index contributed by atoms with van der Waals surface area (Å²) in [5.74, 6) is 0.345. The molecule has 2 aromatic heterocycles. The van der Waals surface area contributed by atoms with Gasteiger partial charge in [0.15, 0.2) is 5.52 Å². The van der Waals surface area contributed by atoms with E-state index in [2.05, 4.69) is 9.97 Å². The quantitative estimate of drug-likeness (QED) is 0.483. The van der Waals surface area contributed by atoms with Crippen molar-refractivity contribution in [3.8, 4) is 5.88 Å². The first-order valence-electron chi connectivity index (χ1n) is 4.96. The minimum Gasteiger partial charge on any atom is -0.475 e. The van der Waals surface area contributed by atoms with Gasteiger partial charge in [-0.1, -0.05) is 0 Å². The van der Waals surface area contributed by atoms with Crippen molar-refractivity contribution in [3.05, 3.63) is 28.4 Å². The molecule has 7 nitrogen and oxygen atoms in total. The van der Waals surface area contributed by atoms with Crippen molar-refractivity contribution >= 4 is 16.7 Å². The molecule has 0 bridgehead atoms. The molecule has 0 unspecified atom stereocenters. The smallest absolute Gasteiger partial charge is 0.312 e. The highest BCUT2D eigenvalue weighted by molar-refractivity contribution is 5.85. The third-order valence-corrected chi connectivity index (χ3v) is 2.21. The third kappa shape index (κ3) is 2.34. The summed E-state index contributed by atoms with van der Waals surface area (Å²) in [5.41, 5.74) is 0.845. The van der Waals surface area contributed by atoms with Gasteiger partial charge in [0.25, 0.3) is 0 Å². The number of methoxy groups -OCH3 is 1. The van der Waals surface area contributed by atoms with Crippen molar-refractivity contribution in [2.45, 2.75) is 0 Å². The van der Waals surface area contributed by atoms with E-state index in [1.54, 1.807) is 19.2 Å². The number of nitro groups is 1. The van der Waals surface area contributed by atoms with Gasteiger partial charge in [0, 0.05) is 13.2 Å². The second kappa shape index (κ2) is 4.79. The SMILES string of the molecule is COCCOc1ccc2[nH]cc([N+](=O)[O-])c2n1. The molecular formula is C10H11N3O4. The molecule has 17 heavy (non-hydrogen) atoms. The van der Waals surface area contributed by atoms with E-state index in [0.717, 1.165) is 0 Å². The summed E-state index contributed by atoms with van der Waals surface area (Å²) >= 11 is 0. The molecule has 0 radical (unpaired) electrons. The summed E-state index contributed by atoms with van der Waals surface area (Å²) in [4.78, 5) is 17.1. The Kier molecular flexibility index (Phi) is 3.20. The molecular weight excluding hydrogens is 226 g/mol. The molecule has 0 aromatic carbocycles. The van der Waals surface area contributed by atoms with E-state index in [-0.39, 0.29) is 5.69 Å². The Balaban J connectivity index is 2.28. The summed E-state index contributed by atoms with van der Waals surface area (Å²) < 4.78 is 10.1. The van der Waals surface area contributed by atoms with E-state index >= 15 is 0 Å². The Labute approximate surface area is 96.5 Å². The van der Waals surface area contributed by atoms with E-state index < -0.39 is 4.92 Å². The second-order valence-electron chi connectivity index (χ2n) is 3.32. The number of hydrogen-bond donors (Lipinski definition) is 1. The van der Waals surface area contributed by atoms with Gasteiger partial charge >= 0.3 is 5.69 Å². The first-order valence-corrected chi connectivity index (χ1v) is 4.96.